The second-order valence-corrected chi connectivity index (χ2v) is 7.27. The number of carbonyl (C=O) groups is 1. The van der Waals surface area contributed by atoms with E-state index < -0.39 is 6.09 Å². The minimum absolute atomic E-state index is 0.0278. The largest absolute Gasteiger partial charge is 0.508 e. The number of hydrogen-bond donors (Lipinski definition) is 2. The summed E-state index contributed by atoms with van der Waals surface area (Å²) in [7, 11) is 0. The van der Waals surface area contributed by atoms with Gasteiger partial charge in [-0.2, -0.15) is 0 Å². The van der Waals surface area contributed by atoms with Gasteiger partial charge < -0.3 is 15.2 Å². The third kappa shape index (κ3) is 3.43. The lowest BCUT2D eigenvalue weighted by atomic mass is 9.98. The van der Waals surface area contributed by atoms with Gasteiger partial charge in [-0.1, -0.05) is 70.5 Å². The van der Waals surface area contributed by atoms with Gasteiger partial charge in [0.25, 0.3) is 0 Å². The molecule has 27 heavy (non-hydrogen) atoms. The summed E-state index contributed by atoms with van der Waals surface area (Å²) < 4.78 is 6.23. The Balaban J connectivity index is 1.44. The van der Waals surface area contributed by atoms with Gasteiger partial charge >= 0.3 is 6.09 Å². The average Bonchev–Trinajstić information content (AvgIpc) is 3.00. The Bertz CT molecular complexity index is 937. The molecule has 3 aromatic carbocycles. The highest BCUT2D eigenvalue weighted by Gasteiger charge is 2.28. The quantitative estimate of drug-likeness (QED) is 0.606. The number of amides is 1. The topological polar surface area (TPSA) is 58.6 Å². The molecule has 1 amide bonds. The van der Waals surface area contributed by atoms with Crippen molar-refractivity contribution in [3.05, 3.63) is 87.9 Å². The molecule has 0 aliphatic heterocycles. The molecule has 0 atom stereocenters. The van der Waals surface area contributed by atoms with Crippen LogP contribution in [0.1, 0.15) is 22.6 Å². The van der Waals surface area contributed by atoms with E-state index >= 15 is 0 Å². The lowest BCUT2D eigenvalue weighted by Crippen LogP contribution is -2.25. The zero-order chi connectivity index (χ0) is 18.8. The molecule has 0 fully saturated rings. The first-order chi connectivity index (χ1) is 13.1. The van der Waals surface area contributed by atoms with Crippen molar-refractivity contribution in [1.29, 1.82) is 0 Å². The van der Waals surface area contributed by atoms with Crippen LogP contribution in [0, 0.1) is 0 Å². The minimum atomic E-state index is -0.507. The van der Waals surface area contributed by atoms with Crippen molar-refractivity contribution in [3.63, 3.8) is 0 Å². The normalized spacial score (nSPS) is 12.3. The molecule has 4 rings (SSSR count). The number of hydrogen-bond acceptors (Lipinski definition) is 3. The van der Waals surface area contributed by atoms with Crippen molar-refractivity contribution < 1.29 is 14.6 Å². The van der Waals surface area contributed by atoms with Crippen molar-refractivity contribution in [3.8, 4) is 16.9 Å². The van der Waals surface area contributed by atoms with Crippen LogP contribution in [0.5, 0.6) is 5.75 Å². The van der Waals surface area contributed by atoms with Gasteiger partial charge in [-0.15, -0.1) is 0 Å². The van der Waals surface area contributed by atoms with Crippen LogP contribution in [0.4, 0.5) is 4.79 Å². The molecular weight excluding hydrogens is 406 g/mol. The molecule has 1 aliphatic carbocycles. The monoisotopic (exact) mass is 423 g/mol. The van der Waals surface area contributed by atoms with Gasteiger partial charge in [-0.25, -0.2) is 4.79 Å². The zero-order valence-electron chi connectivity index (χ0n) is 14.5. The predicted molar refractivity (Wildman–Crippen MR) is 108 cm³/mol. The molecule has 3 aromatic rings. The standard InChI is InChI=1S/C22H18BrNO3/c23-20-10-5-11-21(25)18(20)12-24-22(26)27-13-19-16-8-3-1-6-14(16)15-7-2-4-9-17(15)19/h1-11,19,25H,12-13H2,(H,24,26). The van der Waals surface area contributed by atoms with Gasteiger partial charge in [-0.3, -0.25) is 0 Å². The number of phenols is 1. The third-order valence-corrected chi connectivity index (χ3v) is 5.59. The van der Waals surface area contributed by atoms with Gasteiger partial charge in [-0.05, 0) is 34.4 Å². The highest BCUT2D eigenvalue weighted by Crippen LogP contribution is 2.44. The number of phenolic OH excluding ortho intramolecular Hbond substituents is 1. The molecule has 1 aliphatic rings. The first-order valence-electron chi connectivity index (χ1n) is 8.70. The van der Waals surface area contributed by atoms with E-state index in [0.29, 0.717) is 5.56 Å². The molecule has 0 bridgehead atoms. The summed E-state index contributed by atoms with van der Waals surface area (Å²) in [5, 5.41) is 12.6. The summed E-state index contributed by atoms with van der Waals surface area (Å²) >= 11 is 3.37. The minimum Gasteiger partial charge on any atom is -0.508 e. The first kappa shape index (κ1) is 17.6. The number of rotatable bonds is 4. The lowest BCUT2D eigenvalue weighted by molar-refractivity contribution is 0.142. The van der Waals surface area contributed by atoms with Gasteiger partial charge in [0, 0.05) is 16.0 Å². The molecule has 2 N–H and O–H groups in total. The van der Waals surface area contributed by atoms with Crippen molar-refractivity contribution in [2.75, 3.05) is 6.61 Å². The van der Waals surface area contributed by atoms with Crippen molar-refractivity contribution >= 4 is 22.0 Å². The Morgan fingerprint density at radius 1 is 0.963 bits per heavy atom. The summed E-state index contributed by atoms with van der Waals surface area (Å²) in [4.78, 5) is 12.2. The summed E-state index contributed by atoms with van der Waals surface area (Å²) in [5.41, 5.74) is 5.36. The van der Waals surface area contributed by atoms with Crippen molar-refractivity contribution in [1.82, 2.24) is 5.32 Å². The number of carbonyl (C=O) groups excluding carboxylic acids is 1. The van der Waals surface area contributed by atoms with Crippen LogP contribution < -0.4 is 5.32 Å². The molecular formula is C22H18BrNO3. The highest BCUT2D eigenvalue weighted by molar-refractivity contribution is 9.10. The molecule has 0 spiro atoms. The molecule has 4 nitrogen and oxygen atoms in total. The maximum atomic E-state index is 12.2. The number of benzene rings is 3. The fourth-order valence-corrected chi connectivity index (χ4v) is 4.03. The fraction of sp³-hybridized carbons (Fsp3) is 0.136. The molecule has 0 saturated carbocycles. The molecule has 5 heteroatoms. The van der Waals surface area contributed by atoms with E-state index in [0.717, 1.165) is 4.47 Å². The smallest absolute Gasteiger partial charge is 0.407 e. The Morgan fingerprint density at radius 3 is 2.22 bits per heavy atom. The number of aromatic hydroxyl groups is 1. The zero-order valence-corrected chi connectivity index (χ0v) is 16.1. The molecule has 0 radical (unpaired) electrons. The van der Waals surface area contributed by atoms with Crippen LogP contribution in [0.3, 0.4) is 0 Å². The molecule has 0 saturated heterocycles. The number of ether oxygens (including phenoxy) is 1. The molecule has 0 heterocycles. The van der Waals surface area contributed by atoms with Crippen LogP contribution in [0.15, 0.2) is 71.2 Å². The number of fused-ring (bicyclic) bond motifs is 3. The van der Waals surface area contributed by atoms with Gasteiger partial charge in [0.2, 0.25) is 0 Å². The summed E-state index contributed by atoms with van der Waals surface area (Å²) in [6.45, 7) is 0.450. The maximum absolute atomic E-state index is 12.2. The third-order valence-electron chi connectivity index (χ3n) is 4.85. The van der Waals surface area contributed by atoms with E-state index in [-0.39, 0.29) is 24.8 Å². The molecule has 136 valence electrons. The van der Waals surface area contributed by atoms with E-state index in [1.54, 1.807) is 12.1 Å². The Kier molecular flexibility index (Phi) is 4.86. The first-order valence-corrected chi connectivity index (χ1v) is 9.49. The molecule has 0 aromatic heterocycles. The summed E-state index contributed by atoms with van der Waals surface area (Å²) in [5.74, 6) is 0.156. The Hall–Kier alpha value is -2.79. The second-order valence-electron chi connectivity index (χ2n) is 6.42. The van der Waals surface area contributed by atoms with Crippen LogP contribution >= 0.6 is 15.9 Å². The van der Waals surface area contributed by atoms with E-state index in [9.17, 15) is 9.90 Å². The second kappa shape index (κ2) is 7.45. The summed E-state index contributed by atoms with van der Waals surface area (Å²) in [6, 6.07) is 21.6. The predicted octanol–water partition coefficient (Wildman–Crippen LogP) is 5.19. The van der Waals surface area contributed by atoms with E-state index in [1.807, 2.05) is 30.3 Å². The number of halogens is 1. The SMILES string of the molecule is O=C(NCc1c(O)cccc1Br)OCC1c2ccccc2-c2ccccc21. The lowest BCUT2D eigenvalue weighted by Gasteiger charge is -2.15. The van der Waals surface area contributed by atoms with Gasteiger partial charge in [0.15, 0.2) is 0 Å². The van der Waals surface area contributed by atoms with Crippen LogP contribution in [-0.2, 0) is 11.3 Å². The average molecular weight is 424 g/mol. The fourth-order valence-electron chi connectivity index (χ4n) is 3.53. The molecule has 0 unspecified atom stereocenters. The summed E-state index contributed by atoms with van der Waals surface area (Å²) in [6.07, 6.45) is -0.507. The highest BCUT2D eigenvalue weighted by atomic mass is 79.9. The maximum Gasteiger partial charge on any atom is 0.407 e. The Morgan fingerprint density at radius 2 is 1.59 bits per heavy atom. The van der Waals surface area contributed by atoms with Crippen LogP contribution in [-0.4, -0.2) is 17.8 Å². The Labute approximate surface area is 165 Å². The van der Waals surface area contributed by atoms with E-state index in [1.165, 1.54) is 22.3 Å². The van der Waals surface area contributed by atoms with Crippen LogP contribution in [0.25, 0.3) is 11.1 Å². The number of nitrogens with one attached hydrogen (secondary N) is 1. The van der Waals surface area contributed by atoms with Gasteiger partial charge in [0.05, 0.1) is 6.54 Å². The van der Waals surface area contributed by atoms with E-state index in [4.69, 9.17) is 4.74 Å². The van der Waals surface area contributed by atoms with Crippen molar-refractivity contribution in [2.24, 2.45) is 0 Å². The van der Waals surface area contributed by atoms with Crippen molar-refractivity contribution in [2.45, 2.75) is 12.5 Å². The van der Waals surface area contributed by atoms with Gasteiger partial charge in [0.1, 0.15) is 12.4 Å². The van der Waals surface area contributed by atoms with E-state index in [2.05, 4.69) is 45.5 Å². The number of alkyl carbamates (subject to hydrolysis) is 1. The van der Waals surface area contributed by atoms with Crippen LogP contribution in [0.2, 0.25) is 0 Å².